The summed E-state index contributed by atoms with van der Waals surface area (Å²) in [7, 11) is 0. The van der Waals surface area contributed by atoms with Gasteiger partial charge in [-0.1, -0.05) is 42.5 Å². The molecule has 0 unspecified atom stereocenters. The molecule has 2 aromatic carbocycles. The molecule has 1 amide bonds. The van der Waals surface area contributed by atoms with Gasteiger partial charge in [0.2, 0.25) is 5.91 Å². The van der Waals surface area contributed by atoms with Crippen LogP contribution in [0.4, 0.5) is 5.69 Å². The highest BCUT2D eigenvalue weighted by atomic mass is 16.5. The van der Waals surface area contributed by atoms with Crippen LogP contribution < -0.4 is 10.1 Å². The number of aromatic nitrogens is 2. The zero-order valence-corrected chi connectivity index (χ0v) is 16.5. The Bertz CT molecular complexity index is 1070. The monoisotopic (exact) mass is 401 g/mol. The molecule has 0 saturated heterocycles. The average molecular weight is 401 g/mol. The number of benzene rings is 2. The predicted octanol–water partition coefficient (Wildman–Crippen LogP) is 4.79. The Labute approximate surface area is 175 Å². The van der Waals surface area contributed by atoms with Gasteiger partial charge in [-0.25, -0.2) is 4.98 Å². The third kappa shape index (κ3) is 5.17. The van der Waals surface area contributed by atoms with Gasteiger partial charge in [0.15, 0.2) is 0 Å². The molecule has 0 aliphatic carbocycles. The number of para-hydroxylation sites is 2. The SMILES string of the molecule is O=C(CCc1ccc(-c2ccccc2)o1)Nc1ccccc1OCCn1ccnc1. The molecule has 4 rings (SSSR count). The van der Waals surface area contributed by atoms with Gasteiger partial charge >= 0.3 is 0 Å². The van der Waals surface area contributed by atoms with Gasteiger partial charge < -0.3 is 19.0 Å². The normalized spacial score (nSPS) is 10.7. The molecule has 0 atom stereocenters. The highest BCUT2D eigenvalue weighted by molar-refractivity contribution is 5.92. The summed E-state index contributed by atoms with van der Waals surface area (Å²) in [5, 5.41) is 2.94. The number of hydrogen-bond acceptors (Lipinski definition) is 4. The van der Waals surface area contributed by atoms with Crippen molar-refractivity contribution in [1.82, 2.24) is 9.55 Å². The van der Waals surface area contributed by atoms with Crippen molar-refractivity contribution in [3.05, 3.63) is 91.2 Å². The highest BCUT2D eigenvalue weighted by Gasteiger charge is 2.10. The molecule has 2 aromatic heterocycles. The second kappa shape index (κ2) is 9.60. The van der Waals surface area contributed by atoms with Gasteiger partial charge in [-0.2, -0.15) is 0 Å². The van der Waals surface area contributed by atoms with Crippen molar-refractivity contribution < 1.29 is 13.9 Å². The third-order valence-corrected chi connectivity index (χ3v) is 4.65. The van der Waals surface area contributed by atoms with E-state index in [-0.39, 0.29) is 5.91 Å². The molecule has 0 saturated carbocycles. The maximum absolute atomic E-state index is 12.5. The Morgan fingerprint density at radius 1 is 1.03 bits per heavy atom. The fourth-order valence-electron chi connectivity index (χ4n) is 3.10. The fraction of sp³-hybridized carbons (Fsp3) is 0.167. The molecule has 1 N–H and O–H groups in total. The Morgan fingerprint density at radius 2 is 1.87 bits per heavy atom. The molecule has 6 heteroatoms. The standard InChI is InChI=1S/C24H23N3O3/c28-24(13-11-20-10-12-22(30-20)19-6-2-1-3-7-19)26-21-8-4-5-9-23(21)29-17-16-27-15-14-25-18-27/h1-10,12,14-15,18H,11,13,16-17H2,(H,26,28). The number of carbonyl (C=O) groups is 1. The van der Waals surface area contributed by atoms with Crippen LogP contribution in [0.3, 0.4) is 0 Å². The van der Waals surface area contributed by atoms with Crippen molar-refractivity contribution in [3.8, 4) is 17.1 Å². The summed E-state index contributed by atoms with van der Waals surface area (Å²) >= 11 is 0. The van der Waals surface area contributed by atoms with E-state index in [9.17, 15) is 4.79 Å². The molecule has 0 spiro atoms. The van der Waals surface area contributed by atoms with Crippen LogP contribution in [0, 0.1) is 0 Å². The summed E-state index contributed by atoms with van der Waals surface area (Å²) in [6.45, 7) is 1.17. The number of hydrogen-bond donors (Lipinski definition) is 1. The number of aryl methyl sites for hydroxylation is 1. The first-order chi connectivity index (χ1) is 14.8. The predicted molar refractivity (Wildman–Crippen MR) is 115 cm³/mol. The molecule has 0 fully saturated rings. The Balaban J connectivity index is 1.29. The minimum Gasteiger partial charge on any atom is -0.490 e. The van der Waals surface area contributed by atoms with Crippen molar-refractivity contribution in [1.29, 1.82) is 0 Å². The fourth-order valence-corrected chi connectivity index (χ4v) is 3.10. The summed E-state index contributed by atoms with van der Waals surface area (Å²) in [4.78, 5) is 16.5. The number of rotatable bonds is 9. The van der Waals surface area contributed by atoms with Crippen molar-refractivity contribution in [2.45, 2.75) is 19.4 Å². The van der Waals surface area contributed by atoms with Crippen LogP contribution in [0.15, 0.2) is 89.9 Å². The van der Waals surface area contributed by atoms with Crippen LogP contribution in [-0.4, -0.2) is 22.1 Å². The summed E-state index contributed by atoms with van der Waals surface area (Å²) in [6, 6.07) is 21.2. The van der Waals surface area contributed by atoms with E-state index in [1.165, 1.54) is 0 Å². The van der Waals surface area contributed by atoms with Crippen molar-refractivity contribution in [2.24, 2.45) is 0 Å². The zero-order valence-electron chi connectivity index (χ0n) is 16.5. The molecule has 0 aliphatic heterocycles. The third-order valence-electron chi connectivity index (χ3n) is 4.65. The first-order valence-electron chi connectivity index (χ1n) is 9.89. The highest BCUT2D eigenvalue weighted by Crippen LogP contribution is 2.25. The smallest absolute Gasteiger partial charge is 0.224 e. The summed E-state index contributed by atoms with van der Waals surface area (Å²) in [6.07, 6.45) is 6.22. The molecule has 2 heterocycles. The van der Waals surface area contributed by atoms with Gasteiger partial charge in [0.25, 0.3) is 0 Å². The molecule has 30 heavy (non-hydrogen) atoms. The van der Waals surface area contributed by atoms with Gasteiger partial charge in [-0.05, 0) is 24.3 Å². The lowest BCUT2D eigenvalue weighted by molar-refractivity contribution is -0.116. The van der Waals surface area contributed by atoms with E-state index in [0.29, 0.717) is 37.4 Å². The summed E-state index contributed by atoms with van der Waals surface area (Å²) in [5.74, 6) is 2.16. The topological polar surface area (TPSA) is 69.3 Å². The van der Waals surface area contributed by atoms with Gasteiger partial charge in [-0.15, -0.1) is 0 Å². The molecule has 6 nitrogen and oxygen atoms in total. The summed E-state index contributed by atoms with van der Waals surface area (Å²) < 4.78 is 13.7. The van der Waals surface area contributed by atoms with E-state index >= 15 is 0 Å². The van der Waals surface area contributed by atoms with E-state index in [1.807, 2.05) is 77.5 Å². The van der Waals surface area contributed by atoms with Gasteiger partial charge in [0.05, 0.1) is 18.6 Å². The number of furan rings is 1. The molecule has 0 bridgehead atoms. The van der Waals surface area contributed by atoms with E-state index in [4.69, 9.17) is 9.15 Å². The van der Waals surface area contributed by atoms with Crippen molar-refractivity contribution in [2.75, 3.05) is 11.9 Å². The second-order valence-electron chi connectivity index (χ2n) is 6.83. The second-order valence-corrected chi connectivity index (χ2v) is 6.83. The summed E-state index contributed by atoms with van der Waals surface area (Å²) in [5.41, 5.74) is 1.69. The lowest BCUT2D eigenvalue weighted by Crippen LogP contribution is -2.14. The van der Waals surface area contributed by atoms with E-state index in [0.717, 1.165) is 17.1 Å². The van der Waals surface area contributed by atoms with E-state index < -0.39 is 0 Å². The zero-order chi connectivity index (χ0) is 20.6. The molecule has 152 valence electrons. The number of carbonyl (C=O) groups excluding carboxylic acids is 1. The number of anilines is 1. The number of imidazole rings is 1. The van der Waals surface area contributed by atoms with Crippen LogP contribution in [0.5, 0.6) is 5.75 Å². The Hall–Kier alpha value is -3.80. The van der Waals surface area contributed by atoms with E-state index in [2.05, 4.69) is 10.3 Å². The van der Waals surface area contributed by atoms with Gasteiger partial charge in [0, 0.05) is 30.8 Å². The number of nitrogens with zero attached hydrogens (tertiary/aromatic N) is 2. The van der Waals surface area contributed by atoms with Crippen LogP contribution >= 0.6 is 0 Å². The lowest BCUT2D eigenvalue weighted by Gasteiger charge is -2.12. The molecule has 0 radical (unpaired) electrons. The number of amides is 1. The minimum atomic E-state index is -0.0849. The molecule has 4 aromatic rings. The van der Waals surface area contributed by atoms with Crippen LogP contribution in [0.2, 0.25) is 0 Å². The molecular weight excluding hydrogens is 378 g/mol. The van der Waals surface area contributed by atoms with Crippen LogP contribution in [0.25, 0.3) is 11.3 Å². The van der Waals surface area contributed by atoms with Crippen LogP contribution in [-0.2, 0) is 17.8 Å². The lowest BCUT2D eigenvalue weighted by atomic mass is 10.2. The number of ether oxygens (including phenoxy) is 1. The van der Waals surface area contributed by atoms with E-state index in [1.54, 1.807) is 12.5 Å². The van der Waals surface area contributed by atoms with Crippen molar-refractivity contribution >= 4 is 11.6 Å². The Kier molecular flexibility index (Phi) is 6.25. The maximum Gasteiger partial charge on any atom is 0.224 e. The quantitative estimate of drug-likeness (QED) is 0.438. The van der Waals surface area contributed by atoms with Crippen molar-refractivity contribution in [3.63, 3.8) is 0 Å². The van der Waals surface area contributed by atoms with Gasteiger partial charge in [-0.3, -0.25) is 4.79 Å². The largest absolute Gasteiger partial charge is 0.490 e. The number of nitrogens with one attached hydrogen (secondary N) is 1. The average Bonchev–Trinajstić information content (AvgIpc) is 3.46. The van der Waals surface area contributed by atoms with Crippen LogP contribution in [0.1, 0.15) is 12.2 Å². The van der Waals surface area contributed by atoms with Gasteiger partial charge in [0.1, 0.15) is 23.9 Å². The molecule has 0 aliphatic rings. The molecular formula is C24H23N3O3. The Morgan fingerprint density at radius 3 is 2.70 bits per heavy atom. The maximum atomic E-state index is 12.5. The first kappa shape index (κ1) is 19.5. The first-order valence-corrected chi connectivity index (χ1v) is 9.89. The minimum absolute atomic E-state index is 0.0849.